The smallest absolute Gasteiger partial charge is 0.123 e. The number of nitrogens with zero attached hydrogens (tertiary/aromatic N) is 2. The van der Waals surface area contributed by atoms with Crippen molar-refractivity contribution in [1.82, 2.24) is 8.80 Å². The van der Waals surface area contributed by atoms with E-state index in [0.29, 0.717) is 0 Å². The first kappa shape index (κ1) is 44.2. The average Bonchev–Trinajstić information content (AvgIpc) is 4.08. The molecule has 13 aromatic rings. The normalized spacial score (nSPS) is 14.2. The predicted molar refractivity (Wildman–Crippen MR) is 306 cm³/mol. The van der Waals surface area contributed by atoms with Crippen molar-refractivity contribution >= 4 is 76.2 Å². The lowest BCUT2D eigenvalue weighted by atomic mass is 9.72. The lowest BCUT2D eigenvalue weighted by molar-refractivity contribution is 0.569. The standard InChI is InChI=1S/C69H58F2N2/c1-66(2,3)42-28-40(29-43(34-42)67(4,5)6)49-14-12-16-53-61-59-52-26-21-39-33-57(52)73-63-50(41-30-44(68(7,8)9)35-45(31-41)69(10,11)55-36-47(71)24-27-48(39)55)15-13-17-54(63)60(65(59)73)58-51-25-20-38(37-18-22-46(70)23-19-37)32-56(51)72(62(49)53)64(58)61/h12-36H,1-11H3. The molecule has 1 aliphatic rings. The van der Waals surface area contributed by atoms with Gasteiger partial charge in [-0.3, -0.25) is 0 Å². The van der Waals surface area contributed by atoms with Gasteiger partial charge in [0.1, 0.15) is 11.6 Å². The van der Waals surface area contributed by atoms with E-state index in [1.54, 1.807) is 24.3 Å². The highest BCUT2D eigenvalue weighted by atomic mass is 19.1. The molecule has 0 fully saturated rings. The maximum absolute atomic E-state index is 15.7. The van der Waals surface area contributed by atoms with Crippen LogP contribution in [-0.4, -0.2) is 8.80 Å². The molecule has 0 amide bonds. The summed E-state index contributed by atoms with van der Waals surface area (Å²) in [6.07, 6.45) is 0. The zero-order chi connectivity index (χ0) is 50.6. The third-order valence-corrected chi connectivity index (χ3v) is 16.9. The molecule has 73 heavy (non-hydrogen) atoms. The Morgan fingerprint density at radius 1 is 0.356 bits per heavy atom. The summed E-state index contributed by atoms with van der Waals surface area (Å²) in [6.45, 7) is 25.3. The van der Waals surface area contributed by atoms with Crippen LogP contribution in [0.15, 0.2) is 152 Å². The van der Waals surface area contributed by atoms with Crippen LogP contribution in [0.2, 0.25) is 0 Å². The minimum absolute atomic E-state index is 0.0705. The molecule has 0 N–H and O–H groups in total. The van der Waals surface area contributed by atoms with E-state index in [1.165, 1.54) is 98.5 Å². The van der Waals surface area contributed by atoms with Gasteiger partial charge in [-0.05, 0) is 114 Å². The molecule has 2 nitrogen and oxygen atoms in total. The molecule has 14 rings (SSSR count). The maximum atomic E-state index is 15.7. The van der Waals surface area contributed by atoms with Gasteiger partial charge in [0, 0.05) is 59.6 Å². The summed E-state index contributed by atoms with van der Waals surface area (Å²) >= 11 is 0. The summed E-state index contributed by atoms with van der Waals surface area (Å²) in [5.74, 6) is -0.478. The Balaban J connectivity index is 1.23. The molecule has 0 saturated carbocycles. The fraction of sp³-hybridized carbons (Fsp3) is 0.217. The van der Waals surface area contributed by atoms with Crippen LogP contribution >= 0.6 is 0 Å². The van der Waals surface area contributed by atoms with Crippen LogP contribution in [0, 0.1) is 11.6 Å². The van der Waals surface area contributed by atoms with Crippen LogP contribution in [0.4, 0.5) is 8.78 Å². The Kier molecular flexibility index (Phi) is 8.68. The summed E-state index contributed by atoms with van der Waals surface area (Å²) in [6, 6.07) is 54.4. The van der Waals surface area contributed by atoms with E-state index in [0.717, 1.165) is 50.0 Å². The summed E-state index contributed by atoms with van der Waals surface area (Å²) in [4.78, 5) is 0. The van der Waals surface area contributed by atoms with Gasteiger partial charge in [0.25, 0.3) is 0 Å². The summed E-state index contributed by atoms with van der Waals surface area (Å²) in [5.41, 5.74) is 21.0. The van der Waals surface area contributed by atoms with E-state index in [4.69, 9.17) is 0 Å². The molecule has 0 saturated heterocycles. The highest BCUT2D eigenvalue weighted by Crippen LogP contribution is 2.55. The molecule has 1 aliphatic heterocycles. The molecular weight excluding hydrogens is 895 g/mol. The number of aromatic nitrogens is 2. The second-order valence-corrected chi connectivity index (χ2v) is 24.9. The number of para-hydroxylation sites is 2. The molecule has 9 aromatic carbocycles. The zero-order valence-corrected chi connectivity index (χ0v) is 43.6. The van der Waals surface area contributed by atoms with Crippen LogP contribution in [0.5, 0.6) is 0 Å². The van der Waals surface area contributed by atoms with E-state index in [2.05, 4.69) is 194 Å². The van der Waals surface area contributed by atoms with Crippen LogP contribution in [0.25, 0.3) is 121 Å². The van der Waals surface area contributed by atoms with Crippen molar-refractivity contribution < 1.29 is 8.78 Å². The van der Waals surface area contributed by atoms with Gasteiger partial charge in [-0.15, -0.1) is 0 Å². The number of hydrogen-bond donors (Lipinski definition) is 0. The van der Waals surface area contributed by atoms with Crippen molar-refractivity contribution in [3.63, 3.8) is 0 Å². The molecule has 0 atom stereocenters. The van der Waals surface area contributed by atoms with Gasteiger partial charge < -0.3 is 8.80 Å². The first-order valence-electron chi connectivity index (χ1n) is 26.0. The average molecular weight is 953 g/mol. The summed E-state index contributed by atoms with van der Waals surface area (Å²) < 4.78 is 35.4. The SMILES string of the molecule is CC(C)(C)c1cc(-c2cccc3c4c5c6ccc7cc6n6c8c(cccc8c(c8c9ccc(-c%10ccc(F)cc%10)cc9n(c23)c84)c56)-c2cc(C(C)(C)C)cc(c2)C(C)(C)c2cc(F)ccc2-7)cc(C(C)(C)C)c1. The monoisotopic (exact) mass is 952 g/mol. The number of benzene rings is 9. The molecule has 358 valence electrons. The number of halogens is 2. The lowest BCUT2D eigenvalue weighted by Gasteiger charge is -2.32. The lowest BCUT2D eigenvalue weighted by Crippen LogP contribution is -2.22. The number of fused-ring (bicyclic) bond motifs is 16. The Hall–Kier alpha value is -7.56. The van der Waals surface area contributed by atoms with Gasteiger partial charge in [-0.2, -0.15) is 0 Å². The summed E-state index contributed by atoms with van der Waals surface area (Å²) in [5, 5.41) is 9.74. The Bertz CT molecular complexity index is 4480. The topological polar surface area (TPSA) is 8.82 Å². The van der Waals surface area contributed by atoms with Crippen LogP contribution < -0.4 is 0 Å². The van der Waals surface area contributed by atoms with Crippen molar-refractivity contribution in [3.8, 4) is 44.5 Å². The fourth-order valence-electron chi connectivity index (χ4n) is 12.9. The molecule has 4 heteroatoms. The van der Waals surface area contributed by atoms with Crippen molar-refractivity contribution in [1.29, 1.82) is 0 Å². The number of hydrogen-bond acceptors (Lipinski definition) is 0. The van der Waals surface area contributed by atoms with Gasteiger partial charge in [0.15, 0.2) is 0 Å². The van der Waals surface area contributed by atoms with Crippen molar-refractivity contribution in [3.05, 3.63) is 191 Å². The Labute approximate surface area is 425 Å². The van der Waals surface area contributed by atoms with Gasteiger partial charge in [-0.1, -0.05) is 191 Å². The largest absolute Gasteiger partial charge is 0.307 e. The van der Waals surface area contributed by atoms with Crippen LogP contribution in [0.1, 0.15) is 104 Å². The minimum Gasteiger partial charge on any atom is -0.307 e. The molecule has 0 aliphatic carbocycles. The maximum Gasteiger partial charge on any atom is 0.123 e. The third-order valence-electron chi connectivity index (χ3n) is 16.9. The molecule has 4 aromatic heterocycles. The summed E-state index contributed by atoms with van der Waals surface area (Å²) in [7, 11) is 0. The first-order valence-corrected chi connectivity index (χ1v) is 26.0. The van der Waals surface area contributed by atoms with Crippen LogP contribution in [0.3, 0.4) is 0 Å². The van der Waals surface area contributed by atoms with Crippen molar-refractivity contribution in [2.45, 2.75) is 97.8 Å². The Morgan fingerprint density at radius 2 is 0.808 bits per heavy atom. The predicted octanol–water partition coefficient (Wildman–Crippen LogP) is 19.5. The first-order chi connectivity index (χ1) is 34.7. The fourth-order valence-corrected chi connectivity index (χ4v) is 12.9. The highest BCUT2D eigenvalue weighted by molar-refractivity contribution is 6.46. The van der Waals surface area contributed by atoms with E-state index in [-0.39, 0.29) is 27.9 Å². The molecule has 4 bridgehead atoms. The van der Waals surface area contributed by atoms with Gasteiger partial charge in [0.2, 0.25) is 0 Å². The van der Waals surface area contributed by atoms with E-state index in [1.807, 2.05) is 18.2 Å². The van der Waals surface area contributed by atoms with E-state index < -0.39 is 5.41 Å². The van der Waals surface area contributed by atoms with Crippen LogP contribution in [-0.2, 0) is 21.7 Å². The Morgan fingerprint density at radius 3 is 1.34 bits per heavy atom. The van der Waals surface area contributed by atoms with Crippen molar-refractivity contribution in [2.75, 3.05) is 0 Å². The molecular formula is C69H58F2N2. The molecule has 5 heterocycles. The highest BCUT2D eigenvalue weighted by Gasteiger charge is 2.34. The van der Waals surface area contributed by atoms with E-state index >= 15 is 4.39 Å². The number of rotatable bonds is 2. The third kappa shape index (κ3) is 6.07. The second-order valence-electron chi connectivity index (χ2n) is 24.9. The molecule has 0 spiro atoms. The zero-order valence-electron chi connectivity index (χ0n) is 43.6. The molecule has 0 radical (unpaired) electrons. The second kappa shape index (κ2) is 14.3. The quantitative estimate of drug-likeness (QED) is 0.163. The van der Waals surface area contributed by atoms with Gasteiger partial charge in [0.05, 0.1) is 33.1 Å². The molecule has 0 unspecified atom stereocenters. The van der Waals surface area contributed by atoms with Gasteiger partial charge >= 0.3 is 0 Å². The van der Waals surface area contributed by atoms with Gasteiger partial charge in [-0.25, -0.2) is 8.78 Å². The minimum atomic E-state index is -0.536. The van der Waals surface area contributed by atoms with Crippen molar-refractivity contribution in [2.24, 2.45) is 0 Å². The van der Waals surface area contributed by atoms with E-state index in [9.17, 15) is 4.39 Å².